The third-order valence-electron chi connectivity index (χ3n) is 4.04. The average molecular weight is 334 g/mol. The highest BCUT2D eigenvalue weighted by Crippen LogP contribution is 2.39. The molecule has 1 amide bonds. The summed E-state index contributed by atoms with van der Waals surface area (Å²) in [6.45, 7) is 0.0381. The first-order valence-electron chi connectivity index (χ1n) is 7.63. The molecule has 0 aliphatic carbocycles. The Labute approximate surface area is 143 Å². The van der Waals surface area contributed by atoms with E-state index in [1.165, 1.54) is 11.8 Å². The number of anilines is 1. The maximum Gasteiger partial charge on any atom is 0.237 e. The summed E-state index contributed by atoms with van der Waals surface area (Å²) >= 11 is 1.51. The molecule has 1 aliphatic heterocycles. The minimum absolute atomic E-state index is 0.0381. The molecule has 0 N–H and O–H groups in total. The second kappa shape index (κ2) is 6.09. The molecule has 5 heteroatoms. The van der Waals surface area contributed by atoms with E-state index < -0.39 is 0 Å². The molecular formula is C19H14N2O2S. The molecule has 0 unspecified atom stereocenters. The molecule has 0 bridgehead atoms. The SMILES string of the molecule is O=C(CN1C(=O)CSc2c1cnc1ccccc21)c1ccccc1. The summed E-state index contributed by atoms with van der Waals surface area (Å²) in [6.07, 6.45) is 1.69. The molecule has 1 aliphatic rings. The molecule has 0 atom stereocenters. The number of hydrogen-bond acceptors (Lipinski definition) is 4. The number of carbonyl (C=O) groups is 2. The molecule has 0 radical (unpaired) electrons. The standard InChI is InChI=1S/C19H14N2O2S/c22-17(13-6-2-1-3-7-13)11-21-16-10-20-15-9-5-4-8-14(15)19(16)24-12-18(21)23/h1-10H,11-12H2. The summed E-state index contributed by atoms with van der Waals surface area (Å²) in [5, 5.41) is 1.02. The Morgan fingerprint density at radius 1 is 1.08 bits per heavy atom. The number of nitrogens with zero attached hydrogens (tertiary/aromatic N) is 2. The van der Waals surface area contributed by atoms with Gasteiger partial charge in [0.25, 0.3) is 0 Å². The third-order valence-corrected chi connectivity index (χ3v) is 5.15. The van der Waals surface area contributed by atoms with E-state index in [9.17, 15) is 9.59 Å². The van der Waals surface area contributed by atoms with Crippen LogP contribution in [0, 0.1) is 0 Å². The predicted octanol–water partition coefficient (Wildman–Crippen LogP) is 3.56. The lowest BCUT2D eigenvalue weighted by molar-refractivity contribution is -0.116. The van der Waals surface area contributed by atoms with Gasteiger partial charge in [0, 0.05) is 15.8 Å². The summed E-state index contributed by atoms with van der Waals surface area (Å²) < 4.78 is 0. The van der Waals surface area contributed by atoms with Crippen LogP contribution in [0.25, 0.3) is 10.9 Å². The Balaban J connectivity index is 1.73. The van der Waals surface area contributed by atoms with E-state index in [2.05, 4.69) is 4.98 Å². The minimum atomic E-state index is -0.0741. The van der Waals surface area contributed by atoms with E-state index in [0.29, 0.717) is 11.3 Å². The van der Waals surface area contributed by atoms with Gasteiger partial charge in [-0.15, -0.1) is 11.8 Å². The van der Waals surface area contributed by atoms with Crippen LogP contribution in [-0.2, 0) is 4.79 Å². The van der Waals surface area contributed by atoms with E-state index >= 15 is 0 Å². The number of Topliss-reactive ketones (excluding diaryl/α,β-unsaturated/α-hetero) is 1. The summed E-state index contributed by atoms with van der Waals surface area (Å²) in [6, 6.07) is 16.9. The van der Waals surface area contributed by atoms with Crippen molar-refractivity contribution in [1.29, 1.82) is 0 Å². The lowest BCUT2D eigenvalue weighted by Gasteiger charge is -2.28. The molecule has 0 saturated carbocycles. The second-order valence-electron chi connectivity index (χ2n) is 5.55. The molecule has 0 fully saturated rings. The lowest BCUT2D eigenvalue weighted by atomic mass is 10.1. The van der Waals surface area contributed by atoms with Gasteiger partial charge < -0.3 is 4.90 Å². The normalized spacial score (nSPS) is 13.8. The molecule has 2 heterocycles. The zero-order valence-corrected chi connectivity index (χ0v) is 13.6. The second-order valence-corrected chi connectivity index (χ2v) is 6.53. The summed E-state index contributed by atoms with van der Waals surface area (Å²) in [5.41, 5.74) is 2.23. The van der Waals surface area contributed by atoms with Crippen LogP contribution in [0.5, 0.6) is 0 Å². The number of benzene rings is 2. The first kappa shape index (κ1) is 14.9. The van der Waals surface area contributed by atoms with Gasteiger partial charge in [-0.1, -0.05) is 48.5 Å². The molecule has 118 valence electrons. The van der Waals surface area contributed by atoms with Gasteiger partial charge in [0.15, 0.2) is 5.78 Å². The van der Waals surface area contributed by atoms with Gasteiger partial charge in [-0.2, -0.15) is 0 Å². The molecule has 2 aromatic carbocycles. The number of thioether (sulfide) groups is 1. The summed E-state index contributed by atoms with van der Waals surface area (Å²) in [7, 11) is 0. The molecule has 0 saturated heterocycles. The number of carbonyl (C=O) groups excluding carboxylic acids is 2. The summed E-state index contributed by atoms with van der Waals surface area (Å²) in [4.78, 5) is 31.9. The third kappa shape index (κ3) is 2.57. The van der Waals surface area contributed by atoms with Gasteiger partial charge in [-0.3, -0.25) is 14.6 Å². The fourth-order valence-electron chi connectivity index (χ4n) is 2.83. The van der Waals surface area contributed by atoms with Crippen molar-refractivity contribution >= 4 is 40.0 Å². The van der Waals surface area contributed by atoms with E-state index in [4.69, 9.17) is 0 Å². The lowest BCUT2D eigenvalue weighted by Crippen LogP contribution is -2.39. The molecule has 0 spiro atoms. The van der Waals surface area contributed by atoms with E-state index in [1.807, 2.05) is 42.5 Å². The number of pyridine rings is 1. The first-order chi connectivity index (χ1) is 11.7. The van der Waals surface area contributed by atoms with Gasteiger partial charge in [-0.25, -0.2) is 0 Å². The highest BCUT2D eigenvalue weighted by Gasteiger charge is 2.28. The van der Waals surface area contributed by atoms with Crippen LogP contribution in [0.3, 0.4) is 0 Å². The molecule has 24 heavy (non-hydrogen) atoms. The smallest absolute Gasteiger partial charge is 0.237 e. The highest BCUT2D eigenvalue weighted by molar-refractivity contribution is 8.00. The number of ketones is 1. The fourth-order valence-corrected chi connectivity index (χ4v) is 3.89. The number of hydrogen-bond donors (Lipinski definition) is 0. The highest BCUT2D eigenvalue weighted by atomic mass is 32.2. The van der Waals surface area contributed by atoms with Crippen LogP contribution in [0.1, 0.15) is 10.4 Å². The zero-order chi connectivity index (χ0) is 16.5. The van der Waals surface area contributed by atoms with Crippen molar-refractivity contribution in [3.05, 3.63) is 66.4 Å². The fraction of sp³-hybridized carbons (Fsp3) is 0.105. The van der Waals surface area contributed by atoms with Crippen molar-refractivity contribution in [3.8, 4) is 0 Å². The number of fused-ring (bicyclic) bond motifs is 3. The Kier molecular flexibility index (Phi) is 3.78. The van der Waals surface area contributed by atoms with Crippen molar-refractivity contribution < 1.29 is 9.59 Å². The topological polar surface area (TPSA) is 50.3 Å². The zero-order valence-electron chi connectivity index (χ0n) is 12.8. The number of amides is 1. The molecule has 3 aromatic rings. The van der Waals surface area contributed by atoms with Crippen molar-refractivity contribution in [2.24, 2.45) is 0 Å². The van der Waals surface area contributed by atoms with Gasteiger partial charge in [-0.05, 0) is 6.07 Å². The summed E-state index contributed by atoms with van der Waals surface area (Å²) in [5.74, 6) is 0.201. The van der Waals surface area contributed by atoms with Crippen LogP contribution in [-0.4, -0.2) is 29.0 Å². The van der Waals surface area contributed by atoms with Crippen molar-refractivity contribution in [1.82, 2.24) is 4.98 Å². The van der Waals surface area contributed by atoms with Crippen molar-refractivity contribution in [2.45, 2.75) is 4.90 Å². The number of rotatable bonds is 3. The Morgan fingerprint density at radius 3 is 2.67 bits per heavy atom. The molecule has 1 aromatic heterocycles. The van der Waals surface area contributed by atoms with Gasteiger partial charge in [0.05, 0.1) is 29.7 Å². The van der Waals surface area contributed by atoms with E-state index in [1.54, 1.807) is 23.2 Å². The van der Waals surface area contributed by atoms with Gasteiger partial charge in [0.2, 0.25) is 5.91 Å². The van der Waals surface area contributed by atoms with Crippen LogP contribution in [0.4, 0.5) is 5.69 Å². The maximum atomic E-state index is 12.5. The first-order valence-corrected chi connectivity index (χ1v) is 8.62. The van der Waals surface area contributed by atoms with E-state index in [0.717, 1.165) is 21.5 Å². The minimum Gasteiger partial charge on any atom is -0.301 e. The number of para-hydroxylation sites is 1. The molecular weight excluding hydrogens is 320 g/mol. The predicted molar refractivity (Wildman–Crippen MR) is 95.6 cm³/mol. The van der Waals surface area contributed by atoms with Crippen LogP contribution in [0.2, 0.25) is 0 Å². The number of aromatic nitrogens is 1. The Hall–Kier alpha value is -2.66. The van der Waals surface area contributed by atoms with Crippen molar-refractivity contribution in [2.75, 3.05) is 17.2 Å². The quantitative estimate of drug-likeness (QED) is 0.687. The van der Waals surface area contributed by atoms with Gasteiger partial charge >= 0.3 is 0 Å². The van der Waals surface area contributed by atoms with Crippen LogP contribution < -0.4 is 4.90 Å². The largest absolute Gasteiger partial charge is 0.301 e. The molecule has 4 rings (SSSR count). The Morgan fingerprint density at radius 2 is 1.83 bits per heavy atom. The van der Waals surface area contributed by atoms with Crippen molar-refractivity contribution in [3.63, 3.8) is 0 Å². The monoisotopic (exact) mass is 334 g/mol. The van der Waals surface area contributed by atoms with Crippen LogP contribution in [0.15, 0.2) is 65.7 Å². The Bertz CT molecular complexity index is 941. The average Bonchev–Trinajstić information content (AvgIpc) is 2.64. The molecule has 4 nitrogen and oxygen atoms in total. The van der Waals surface area contributed by atoms with Gasteiger partial charge in [0.1, 0.15) is 0 Å². The maximum absolute atomic E-state index is 12.5. The van der Waals surface area contributed by atoms with Crippen LogP contribution >= 0.6 is 11.8 Å². The van der Waals surface area contributed by atoms with E-state index in [-0.39, 0.29) is 18.2 Å².